The second-order valence-corrected chi connectivity index (χ2v) is 5.16. The van der Waals surface area contributed by atoms with Crippen LogP contribution in [-0.2, 0) is 0 Å². The zero-order valence-corrected chi connectivity index (χ0v) is 12.5. The van der Waals surface area contributed by atoms with Crippen LogP contribution in [0.4, 0.5) is 0 Å². The van der Waals surface area contributed by atoms with Gasteiger partial charge in [-0.15, -0.1) is 11.6 Å². The molecule has 18 heavy (non-hydrogen) atoms. The molecule has 0 saturated carbocycles. The minimum atomic E-state index is -0.0531. The van der Waals surface area contributed by atoms with Crippen molar-refractivity contribution in [1.29, 1.82) is 0 Å². The van der Waals surface area contributed by atoms with E-state index in [9.17, 15) is 4.79 Å². The van der Waals surface area contributed by atoms with Gasteiger partial charge in [0, 0.05) is 24.5 Å². The number of nitrogens with zero attached hydrogens (tertiary/aromatic N) is 1. The SMILES string of the molecule is CCCCN(CCCl)C(=O)c1ccc(Cl)c(Cl)c1. The highest BCUT2D eigenvalue weighted by atomic mass is 35.5. The maximum atomic E-state index is 12.3. The van der Waals surface area contributed by atoms with Gasteiger partial charge in [-0.3, -0.25) is 4.79 Å². The van der Waals surface area contributed by atoms with E-state index in [-0.39, 0.29) is 5.91 Å². The summed E-state index contributed by atoms with van der Waals surface area (Å²) in [6.07, 6.45) is 2.00. The fraction of sp³-hybridized carbons (Fsp3) is 0.462. The van der Waals surface area contributed by atoms with E-state index >= 15 is 0 Å². The summed E-state index contributed by atoms with van der Waals surface area (Å²) in [5.74, 6) is 0.374. The molecule has 1 amide bonds. The number of unbranched alkanes of at least 4 members (excludes halogenated alkanes) is 1. The van der Waals surface area contributed by atoms with E-state index in [0.717, 1.165) is 12.8 Å². The van der Waals surface area contributed by atoms with Crippen molar-refractivity contribution in [3.8, 4) is 0 Å². The number of amides is 1. The molecule has 0 atom stereocenters. The number of alkyl halides is 1. The largest absolute Gasteiger partial charge is 0.337 e. The zero-order chi connectivity index (χ0) is 13.5. The summed E-state index contributed by atoms with van der Waals surface area (Å²) >= 11 is 17.5. The Balaban J connectivity index is 2.83. The van der Waals surface area contributed by atoms with E-state index in [1.807, 2.05) is 0 Å². The number of hydrogen-bond donors (Lipinski definition) is 0. The topological polar surface area (TPSA) is 20.3 Å². The molecule has 1 aromatic carbocycles. The average molecular weight is 309 g/mol. The number of benzene rings is 1. The molecule has 100 valence electrons. The lowest BCUT2D eigenvalue weighted by molar-refractivity contribution is 0.0763. The molecule has 0 aliphatic rings. The van der Waals surface area contributed by atoms with Gasteiger partial charge in [0.25, 0.3) is 5.91 Å². The number of rotatable bonds is 6. The van der Waals surface area contributed by atoms with Gasteiger partial charge in [0.05, 0.1) is 10.0 Å². The lowest BCUT2D eigenvalue weighted by atomic mass is 10.2. The van der Waals surface area contributed by atoms with Crippen LogP contribution in [0.1, 0.15) is 30.1 Å². The van der Waals surface area contributed by atoms with E-state index in [2.05, 4.69) is 6.92 Å². The standard InChI is InChI=1S/C13H16Cl3NO/c1-2-3-7-17(8-6-14)13(18)10-4-5-11(15)12(16)9-10/h4-5,9H,2-3,6-8H2,1H3. The molecule has 2 nitrogen and oxygen atoms in total. The van der Waals surface area contributed by atoms with E-state index < -0.39 is 0 Å². The number of hydrogen-bond acceptors (Lipinski definition) is 1. The van der Waals surface area contributed by atoms with Crippen LogP contribution >= 0.6 is 34.8 Å². The fourth-order valence-corrected chi connectivity index (χ4v) is 2.08. The Morgan fingerprint density at radius 3 is 2.50 bits per heavy atom. The first-order valence-electron chi connectivity index (χ1n) is 5.90. The summed E-state index contributed by atoms with van der Waals surface area (Å²) in [6, 6.07) is 4.92. The molecule has 0 aromatic heterocycles. The van der Waals surface area contributed by atoms with Crippen LogP contribution in [0.15, 0.2) is 18.2 Å². The molecule has 0 N–H and O–H groups in total. The van der Waals surface area contributed by atoms with Gasteiger partial charge in [-0.1, -0.05) is 36.5 Å². The van der Waals surface area contributed by atoms with Crippen molar-refractivity contribution in [3.05, 3.63) is 33.8 Å². The van der Waals surface area contributed by atoms with Gasteiger partial charge >= 0.3 is 0 Å². The molecule has 0 unspecified atom stereocenters. The van der Waals surface area contributed by atoms with Gasteiger partial charge in [-0.05, 0) is 24.6 Å². The Labute approximate surface area is 123 Å². The van der Waals surface area contributed by atoms with Gasteiger partial charge in [0.1, 0.15) is 0 Å². The highest BCUT2D eigenvalue weighted by Gasteiger charge is 2.15. The summed E-state index contributed by atoms with van der Waals surface area (Å²) in [5.41, 5.74) is 0.547. The number of carbonyl (C=O) groups excluding carboxylic acids is 1. The molecule has 0 radical (unpaired) electrons. The predicted octanol–water partition coefficient (Wildman–Crippen LogP) is 4.47. The van der Waals surface area contributed by atoms with Crippen LogP contribution in [0.25, 0.3) is 0 Å². The maximum Gasteiger partial charge on any atom is 0.253 e. The minimum Gasteiger partial charge on any atom is -0.337 e. The zero-order valence-electron chi connectivity index (χ0n) is 10.3. The molecule has 0 bridgehead atoms. The van der Waals surface area contributed by atoms with Crippen molar-refractivity contribution in [2.45, 2.75) is 19.8 Å². The summed E-state index contributed by atoms with van der Waals surface area (Å²) in [7, 11) is 0. The van der Waals surface area contributed by atoms with Crippen molar-refractivity contribution >= 4 is 40.7 Å². The summed E-state index contributed by atoms with van der Waals surface area (Å²) < 4.78 is 0. The Kier molecular flexibility index (Phi) is 6.83. The second-order valence-electron chi connectivity index (χ2n) is 3.96. The molecular weight excluding hydrogens is 293 g/mol. The fourth-order valence-electron chi connectivity index (χ4n) is 1.58. The van der Waals surface area contributed by atoms with Crippen LogP contribution < -0.4 is 0 Å². The van der Waals surface area contributed by atoms with Crippen molar-refractivity contribution < 1.29 is 4.79 Å². The van der Waals surface area contributed by atoms with Gasteiger partial charge in [0.15, 0.2) is 0 Å². The molecule has 5 heteroatoms. The van der Waals surface area contributed by atoms with Crippen molar-refractivity contribution in [2.24, 2.45) is 0 Å². The van der Waals surface area contributed by atoms with Gasteiger partial charge in [-0.2, -0.15) is 0 Å². The van der Waals surface area contributed by atoms with E-state index in [1.54, 1.807) is 23.1 Å². The van der Waals surface area contributed by atoms with Crippen molar-refractivity contribution in [2.75, 3.05) is 19.0 Å². The molecule has 0 aliphatic carbocycles. The monoisotopic (exact) mass is 307 g/mol. The van der Waals surface area contributed by atoms with Crippen molar-refractivity contribution in [1.82, 2.24) is 4.90 Å². The molecule has 0 spiro atoms. The molecule has 1 aromatic rings. The second kappa shape index (κ2) is 7.88. The Bertz CT molecular complexity index is 409. The van der Waals surface area contributed by atoms with Crippen LogP contribution in [-0.4, -0.2) is 29.8 Å². The molecular formula is C13H16Cl3NO. The maximum absolute atomic E-state index is 12.3. The Morgan fingerprint density at radius 2 is 1.94 bits per heavy atom. The molecule has 1 rings (SSSR count). The van der Waals surface area contributed by atoms with Gasteiger partial charge in [0.2, 0.25) is 0 Å². The van der Waals surface area contributed by atoms with Crippen LogP contribution in [0.3, 0.4) is 0 Å². The molecule has 0 heterocycles. The van der Waals surface area contributed by atoms with Gasteiger partial charge in [-0.25, -0.2) is 0 Å². The smallest absolute Gasteiger partial charge is 0.253 e. The number of halogens is 3. The third kappa shape index (κ3) is 4.34. The first kappa shape index (κ1) is 15.6. The molecule has 0 saturated heterocycles. The third-order valence-corrected chi connectivity index (χ3v) is 3.50. The van der Waals surface area contributed by atoms with Crippen LogP contribution in [0.5, 0.6) is 0 Å². The van der Waals surface area contributed by atoms with Crippen molar-refractivity contribution in [3.63, 3.8) is 0 Å². The summed E-state index contributed by atoms with van der Waals surface area (Å²) in [4.78, 5) is 14.0. The predicted molar refractivity (Wildman–Crippen MR) is 78.0 cm³/mol. The van der Waals surface area contributed by atoms with E-state index in [1.165, 1.54) is 0 Å². The third-order valence-electron chi connectivity index (χ3n) is 2.59. The van der Waals surface area contributed by atoms with Crippen LogP contribution in [0.2, 0.25) is 10.0 Å². The lowest BCUT2D eigenvalue weighted by Gasteiger charge is -2.21. The highest BCUT2D eigenvalue weighted by Crippen LogP contribution is 2.23. The summed E-state index contributed by atoms with van der Waals surface area (Å²) in [6.45, 7) is 3.34. The molecule has 0 fully saturated rings. The highest BCUT2D eigenvalue weighted by molar-refractivity contribution is 6.42. The van der Waals surface area contributed by atoms with E-state index in [4.69, 9.17) is 34.8 Å². The first-order valence-corrected chi connectivity index (χ1v) is 7.19. The quantitative estimate of drug-likeness (QED) is 0.710. The minimum absolute atomic E-state index is 0.0531. The lowest BCUT2D eigenvalue weighted by Crippen LogP contribution is -2.33. The van der Waals surface area contributed by atoms with Crippen LogP contribution in [0, 0.1) is 0 Å². The first-order chi connectivity index (χ1) is 8.60. The average Bonchev–Trinajstić information content (AvgIpc) is 2.37. The molecule has 0 aliphatic heterocycles. The normalized spacial score (nSPS) is 10.4. The van der Waals surface area contributed by atoms with Gasteiger partial charge < -0.3 is 4.90 Å². The van der Waals surface area contributed by atoms with E-state index in [0.29, 0.717) is 34.6 Å². The Morgan fingerprint density at radius 1 is 1.22 bits per heavy atom. The summed E-state index contributed by atoms with van der Waals surface area (Å²) in [5, 5.41) is 0.842. The Hall–Kier alpha value is -0.440. The number of carbonyl (C=O) groups is 1.